The average Bonchev–Trinajstić information content (AvgIpc) is 2.29. The molecule has 2 heterocycles. The minimum Gasteiger partial charge on any atom is -0.0651 e. The lowest BCUT2D eigenvalue weighted by Gasteiger charge is -2.36. The van der Waals surface area contributed by atoms with E-state index in [0.717, 1.165) is 17.0 Å². The van der Waals surface area contributed by atoms with E-state index in [1.165, 1.54) is 32.1 Å². The van der Waals surface area contributed by atoms with Gasteiger partial charge in [0.15, 0.2) is 0 Å². The topological polar surface area (TPSA) is 0 Å². The fourth-order valence-corrected chi connectivity index (χ4v) is 3.30. The molecule has 2 saturated heterocycles. The molecule has 2 aliphatic heterocycles. The second kappa shape index (κ2) is 2.53. The quantitative estimate of drug-likeness (QED) is 0.504. The van der Waals surface area contributed by atoms with E-state index in [1.807, 2.05) is 0 Å². The molecular formula is C10H19B. The Hall–Kier alpha value is 0.0649. The van der Waals surface area contributed by atoms with E-state index >= 15 is 0 Å². The Balaban J connectivity index is 2.13. The monoisotopic (exact) mass is 150 g/mol. The summed E-state index contributed by atoms with van der Waals surface area (Å²) in [6.45, 7) is 4.85. The molecule has 62 valence electrons. The largest absolute Gasteiger partial charge is 0.131 e. The fourth-order valence-electron chi connectivity index (χ4n) is 3.30. The van der Waals surface area contributed by atoms with Crippen LogP contribution in [0.15, 0.2) is 0 Å². The van der Waals surface area contributed by atoms with Crippen molar-refractivity contribution in [2.24, 2.45) is 5.92 Å². The average molecular weight is 150 g/mol. The third-order valence-electron chi connectivity index (χ3n) is 4.26. The fraction of sp³-hybridized carbons (Fsp3) is 1.00. The van der Waals surface area contributed by atoms with E-state index in [9.17, 15) is 0 Å². The van der Waals surface area contributed by atoms with Crippen LogP contribution in [0.25, 0.3) is 0 Å². The van der Waals surface area contributed by atoms with Gasteiger partial charge in [0.25, 0.3) is 0 Å². The molecule has 0 N–H and O–H groups in total. The van der Waals surface area contributed by atoms with Crippen LogP contribution in [-0.4, -0.2) is 7.28 Å². The van der Waals surface area contributed by atoms with Crippen LogP contribution >= 0.6 is 0 Å². The highest BCUT2D eigenvalue weighted by molar-refractivity contribution is 6.43. The lowest BCUT2D eigenvalue weighted by Crippen LogP contribution is -2.26. The lowest BCUT2D eigenvalue weighted by atomic mass is 9.42. The molecule has 0 amide bonds. The zero-order valence-corrected chi connectivity index (χ0v) is 7.90. The summed E-state index contributed by atoms with van der Waals surface area (Å²) in [6, 6.07) is 0. The van der Waals surface area contributed by atoms with Gasteiger partial charge in [0.2, 0.25) is 0 Å². The molecule has 2 atom stereocenters. The molecule has 1 heteroatoms. The summed E-state index contributed by atoms with van der Waals surface area (Å²) in [7, 11) is 1.56. The Morgan fingerprint density at radius 2 is 2.09 bits per heavy atom. The molecule has 0 aromatic heterocycles. The van der Waals surface area contributed by atoms with Crippen molar-refractivity contribution in [1.29, 1.82) is 0 Å². The number of rotatable bonds is 1. The van der Waals surface area contributed by atoms with Crippen molar-refractivity contribution >= 4 is 7.28 Å². The Kier molecular flexibility index (Phi) is 1.77. The molecule has 0 radical (unpaired) electrons. The summed E-state index contributed by atoms with van der Waals surface area (Å²) in [5.41, 5.74) is 0. The van der Waals surface area contributed by atoms with Crippen molar-refractivity contribution in [1.82, 2.24) is 0 Å². The molecule has 2 rings (SSSR count). The SMILES string of the molecule is CC(C)C12BC(CCC1)CC2. The van der Waals surface area contributed by atoms with Gasteiger partial charge in [-0.3, -0.25) is 0 Å². The summed E-state index contributed by atoms with van der Waals surface area (Å²) in [5, 5.41) is 0.795. The van der Waals surface area contributed by atoms with E-state index in [4.69, 9.17) is 0 Å². The second-order valence-corrected chi connectivity index (χ2v) is 5.02. The molecule has 2 bridgehead atoms. The maximum absolute atomic E-state index is 2.42. The normalized spacial score (nSPS) is 42.6. The van der Waals surface area contributed by atoms with Crippen LogP contribution in [0.4, 0.5) is 0 Å². The second-order valence-electron chi connectivity index (χ2n) is 5.02. The van der Waals surface area contributed by atoms with E-state index in [2.05, 4.69) is 13.8 Å². The summed E-state index contributed by atoms with van der Waals surface area (Å²) < 4.78 is 0. The highest BCUT2D eigenvalue weighted by Crippen LogP contribution is 2.57. The predicted octanol–water partition coefficient (Wildman–Crippen LogP) is 3.00. The zero-order valence-electron chi connectivity index (χ0n) is 7.90. The first kappa shape index (κ1) is 7.70. The van der Waals surface area contributed by atoms with E-state index in [-0.39, 0.29) is 0 Å². The van der Waals surface area contributed by atoms with Crippen LogP contribution < -0.4 is 0 Å². The first-order valence-corrected chi connectivity index (χ1v) is 5.23. The van der Waals surface area contributed by atoms with Gasteiger partial charge in [-0.2, -0.15) is 0 Å². The van der Waals surface area contributed by atoms with Crippen molar-refractivity contribution in [2.45, 2.75) is 57.1 Å². The smallest absolute Gasteiger partial charge is 0.0651 e. The minimum absolute atomic E-state index is 0.795. The van der Waals surface area contributed by atoms with Gasteiger partial charge in [0, 0.05) is 0 Å². The molecule has 2 aliphatic rings. The Morgan fingerprint density at radius 3 is 2.73 bits per heavy atom. The summed E-state index contributed by atoms with van der Waals surface area (Å²) >= 11 is 0. The Morgan fingerprint density at radius 1 is 1.27 bits per heavy atom. The van der Waals surface area contributed by atoms with Gasteiger partial charge < -0.3 is 0 Å². The van der Waals surface area contributed by atoms with Gasteiger partial charge in [-0.1, -0.05) is 57.1 Å². The van der Waals surface area contributed by atoms with Crippen LogP contribution in [0.1, 0.15) is 46.0 Å². The zero-order chi connectivity index (χ0) is 7.90. The molecule has 2 unspecified atom stereocenters. The van der Waals surface area contributed by atoms with E-state index in [0.29, 0.717) is 0 Å². The maximum Gasteiger partial charge on any atom is 0.131 e. The number of hydrogen-bond donors (Lipinski definition) is 0. The first-order chi connectivity index (χ1) is 5.23. The van der Waals surface area contributed by atoms with Gasteiger partial charge in [0.05, 0.1) is 0 Å². The van der Waals surface area contributed by atoms with E-state index in [1.54, 1.807) is 7.28 Å². The maximum atomic E-state index is 2.42. The highest BCUT2D eigenvalue weighted by Gasteiger charge is 2.44. The Labute approximate surface area is 71.0 Å². The summed E-state index contributed by atoms with van der Waals surface area (Å²) in [6.07, 6.45) is 7.66. The van der Waals surface area contributed by atoms with Crippen molar-refractivity contribution in [3.05, 3.63) is 0 Å². The highest BCUT2D eigenvalue weighted by atomic mass is 14.4. The van der Waals surface area contributed by atoms with Crippen molar-refractivity contribution in [2.75, 3.05) is 0 Å². The Bertz CT molecular complexity index is 149. The third kappa shape index (κ3) is 1.13. The molecule has 0 saturated carbocycles. The predicted molar refractivity (Wildman–Crippen MR) is 51.5 cm³/mol. The molecular weight excluding hydrogens is 131 g/mol. The standard InChI is InChI=1S/C10H19B/c1-8(2)10-6-3-4-9(11-10)5-7-10/h8-9,11H,3-7H2,1-2H3. The van der Waals surface area contributed by atoms with Crippen LogP contribution in [0.2, 0.25) is 11.1 Å². The first-order valence-electron chi connectivity index (χ1n) is 5.23. The van der Waals surface area contributed by atoms with Gasteiger partial charge >= 0.3 is 0 Å². The minimum atomic E-state index is 0.795. The summed E-state index contributed by atoms with van der Waals surface area (Å²) in [5.74, 6) is 2.05. The molecule has 0 aromatic rings. The van der Waals surface area contributed by atoms with E-state index < -0.39 is 0 Å². The van der Waals surface area contributed by atoms with Crippen LogP contribution in [0.5, 0.6) is 0 Å². The molecule has 11 heavy (non-hydrogen) atoms. The number of fused-ring (bicyclic) bond motifs is 2. The van der Waals surface area contributed by atoms with Crippen molar-refractivity contribution < 1.29 is 0 Å². The molecule has 0 aromatic carbocycles. The molecule has 0 aliphatic carbocycles. The molecule has 2 fully saturated rings. The lowest BCUT2D eigenvalue weighted by molar-refractivity contribution is 0.367. The van der Waals surface area contributed by atoms with Gasteiger partial charge in [0.1, 0.15) is 7.28 Å². The number of hydrogen-bond acceptors (Lipinski definition) is 0. The van der Waals surface area contributed by atoms with Crippen molar-refractivity contribution in [3.63, 3.8) is 0 Å². The third-order valence-corrected chi connectivity index (χ3v) is 4.26. The van der Waals surface area contributed by atoms with Gasteiger partial charge in [-0.15, -0.1) is 0 Å². The van der Waals surface area contributed by atoms with Crippen molar-refractivity contribution in [3.8, 4) is 0 Å². The molecule has 0 spiro atoms. The molecule has 0 nitrogen and oxygen atoms in total. The van der Waals surface area contributed by atoms with Crippen LogP contribution in [0, 0.1) is 5.92 Å². The van der Waals surface area contributed by atoms with Gasteiger partial charge in [-0.05, 0) is 5.92 Å². The van der Waals surface area contributed by atoms with Crippen LogP contribution in [-0.2, 0) is 0 Å². The van der Waals surface area contributed by atoms with Crippen LogP contribution in [0.3, 0.4) is 0 Å². The summed E-state index contributed by atoms with van der Waals surface area (Å²) in [4.78, 5) is 0. The van der Waals surface area contributed by atoms with Gasteiger partial charge in [-0.25, -0.2) is 0 Å².